The van der Waals surface area contributed by atoms with E-state index in [0.29, 0.717) is 18.8 Å². The summed E-state index contributed by atoms with van der Waals surface area (Å²) >= 11 is 0. The van der Waals surface area contributed by atoms with E-state index in [1.54, 1.807) is 35.8 Å². The van der Waals surface area contributed by atoms with Gasteiger partial charge in [-0.3, -0.25) is 14.6 Å². The summed E-state index contributed by atoms with van der Waals surface area (Å²) in [6.07, 6.45) is 0.905. The molecule has 3 aliphatic heterocycles. The predicted molar refractivity (Wildman–Crippen MR) is 179 cm³/mol. The topological polar surface area (TPSA) is 171 Å². The van der Waals surface area contributed by atoms with Crippen LogP contribution in [-0.2, 0) is 36.7 Å². The van der Waals surface area contributed by atoms with Crippen molar-refractivity contribution in [3.05, 3.63) is 47.5 Å². The standard InChI is InChI=1S/C17H25NO4.C13H17NO3.C4H8O.CH2O3.2K.H/c1-16(2,3)22-15(19)18-9-8-12-6-7-13(10-14(12)18)21-11-17(4,5)20;1-13(2,3)17-12(16)14-7-6-9-4-5-10(15)8-11(9)14;1-4(2)3-5-4;2-1-4-3;;;/h6-7,10,20H,8-9,11H2,1-5H3;4-5,8,15H,6-7H2,1-3H3;3H2,1-2H3;1,3H;;;/q;;;;2*+1;-1/p-1. The first-order valence-corrected chi connectivity index (χ1v) is 15.7. The molecule has 3 heterocycles. The zero-order valence-electron chi connectivity index (χ0n) is 32.7. The smallest absolute Gasteiger partial charge is 1.00 e. The van der Waals surface area contributed by atoms with Crippen LogP contribution in [0.5, 0.6) is 11.5 Å². The molecule has 1 fully saturated rings. The van der Waals surface area contributed by atoms with Gasteiger partial charge in [0.2, 0.25) is 0 Å². The summed E-state index contributed by atoms with van der Waals surface area (Å²) < 4.78 is 21.3. The van der Waals surface area contributed by atoms with Gasteiger partial charge in [-0.1, -0.05) is 12.1 Å². The molecule has 2 N–H and O–H groups in total. The maximum absolute atomic E-state index is 12.3. The van der Waals surface area contributed by atoms with E-state index >= 15 is 0 Å². The van der Waals surface area contributed by atoms with Crippen LogP contribution in [0.25, 0.3) is 0 Å². The zero-order valence-corrected chi connectivity index (χ0v) is 38.0. The molecule has 2 aromatic carbocycles. The van der Waals surface area contributed by atoms with Gasteiger partial charge in [-0.2, -0.15) is 0 Å². The van der Waals surface area contributed by atoms with Crippen molar-refractivity contribution in [3.8, 4) is 11.5 Å². The number of aromatic hydroxyl groups is 1. The van der Waals surface area contributed by atoms with Crippen LogP contribution in [0.2, 0.25) is 0 Å². The van der Waals surface area contributed by atoms with E-state index < -0.39 is 16.8 Å². The van der Waals surface area contributed by atoms with Crippen molar-refractivity contribution in [2.24, 2.45) is 0 Å². The van der Waals surface area contributed by atoms with Gasteiger partial charge in [0.15, 0.2) is 0 Å². The van der Waals surface area contributed by atoms with Crippen LogP contribution in [0, 0.1) is 0 Å². The molecule has 0 atom stereocenters. The normalized spacial score (nSPS) is 14.9. The Morgan fingerprint density at radius 3 is 1.64 bits per heavy atom. The molecule has 2 aromatic rings. The van der Waals surface area contributed by atoms with Crippen molar-refractivity contribution < 1.29 is 158 Å². The summed E-state index contributed by atoms with van der Waals surface area (Å²) in [6.45, 7) is 20.8. The summed E-state index contributed by atoms with van der Waals surface area (Å²) in [5.41, 5.74) is 2.06. The van der Waals surface area contributed by atoms with E-state index in [1.807, 2.05) is 65.8 Å². The van der Waals surface area contributed by atoms with E-state index in [1.165, 1.54) is 0 Å². The number of carbonyl (C=O) groups excluding carboxylic acids is 3. The quantitative estimate of drug-likeness (QED) is 0.131. The third-order valence-electron chi connectivity index (χ3n) is 6.50. The minimum Gasteiger partial charge on any atom is -1.00 e. The molecule has 5 rings (SSSR count). The molecule has 0 aliphatic carbocycles. The van der Waals surface area contributed by atoms with Crippen molar-refractivity contribution >= 4 is 30.0 Å². The molecule has 13 nitrogen and oxygen atoms in total. The van der Waals surface area contributed by atoms with Crippen molar-refractivity contribution in [3.63, 3.8) is 0 Å². The molecule has 0 saturated carbocycles. The van der Waals surface area contributed by atoms with Crippen LogP contribution in [0.1, 0.15) is 81.8 Å². The van der Waals surface area contributed by atoms with Gasteiger partial charge in [0.1, 0.15) is 29.3 Å². The van der Waals surface area contributed by atoms with Crippen LogP contribution in [0.4, 0.5) is 21.0 Å². The summed E-state index contributed by atoms with van der Waals surface area (Å²) in [7, 11) is 0. The molecule has 2 amide bonds. The Balaban J connectivity index is 0. The molecule has 50 heavy (non-hydrogen) atoms. The van der Waals surface area contributed by atoms with Gasteiger partial charge in [0, 0.05) is 25.2 Å². The minimum absolute atomic E-state index is 0. The average molecular weight is 755 g/mol. The molecule has 0 spiro atoms. The number of carbonyl (C=O) groups is 3. The number of fused-ring (bicyclic) bond motifs is 2. The van der Waals surface area contributed by atoms with Gasteiger partial charge < -0.3 is 40.7 Å². The number of ether oxygens (including phenoxy) is 4. The Labute approximate surface area is 382 Å². The molecule has 0 bridgehead atoms. The first-order valence-electron chi connectivity index (χ1n) is 15.7. The van der Waals surface area contributed by atoms with Crippen molar-refractivity contribution in [2.45, 2.75) is 104 Å². The number of benzene rings is 2. The Morgan fingerprint density at radius 1 is 0.880 bits per heavy atom. The maximum Gasteiger partial charge on any atom is 1.00 e. The number of amides is 2. The van der Waals surface area contributed by atoms with Crippen LogP contribution in [0.3, 0.4) is 0 Å². The third kappa shape index (κ3) is 18.8. The largest absolute Gasteiger partial charge is 1.00 e. The van der Waals surface area contributed by atoms with Crippen molar-refractivity contribution in [1.82, 2.24) is 0 Å². The van der Waals surface area contributed by atoms with E-state index in [-0.39, 0.29) is 141 Å². The molecular formula is C35H52K2N2O11. The van der Waals surface area contributed by atoms with E-state index in [2.05, 4.69) is 18.7 Å². The number of hydrogen-bond acceptors (Lipinski definition) is 11. The van der Waals surface area contributed by atoms with Gasteiger partial charge >= 0.3 is 115 Å². The van der Waals surface area contributed by atoms with E-state index in [4.69, 9.17) is 29.0 Å². The Kier molecular flexibility index (Phi) is 20.8. The first kappa shape index (κ1) is 49.2. The number of aliphatic hydroxyl groups is 1. The van der Waals surface area contributed by atoms with E-state index in [9.17, 15) is 19.8 Å². The number of anilines is 2. The Bertz CT molecular complexity index is 1400. The average Bonchev–Trinajstić information content (AvgIpc) is 3.31. The zero-order chi connectivity index (χ0) is 36.5. The SMILES string of the molecule is CC(C)(C)OC(=O)N1CCc2ccc(O)cc21.CC(C)(O)COc1ccc2c(c1)N(C(=O)OC(C)(C)C)CC2.CC1(C)CO1.O=CO[O-].[H-].[K+].[K+]. The second kappa shape index (κ2) is 21.2. The Morgan fingerprint density at radius 2 is 1.28 bits per heavy atom. The van der Waals surface area contributed by atoms with E-state index in [0.717, 1.165) is 42.0 Å². The third-order valence-corrected chi connectivity index (χ3v) is 6.50. The molecule has 1 saturated heterocycles. The fourth-order valence-electron chi connectivity index (χ4n) is 4.23. The van der Waals surface area contributed by atoms with Crippen LogP contribution < -0.4 is 123 Å². The molecular weight excluding hydrogens is 703 g/mol. The predicted octanol–water partition coefficient (Wildman–Crippen LogP) is -0.826. The minimum atomic E-state index is -0.899. The second-order valence-electron chi connectivity index (χ2n) is 14.7. The van der Waals surface area contributed by atoms with Crippen LogP contribution in [-0.4, -0.2) is 77.6 Å². The van der Waals surface area contributed by atoms with Gasteiger partial charge in [-0.15, -0.1) is 0 Å². The molecule has 15 heteroatoms. The fourth-order valence-corrected chi connectivity index (χ4v) is 4.23. The number of phenolic OH excluding ortho intramolecular Hbond substituents is 1. The van der Waals surface area contributed by atoms with Crippen LogP contribution >= 0.6 is 0 Å². The van der Waals surface area contributed by atoms with Gasteiger partial charge in [-0.25, -0.2) is 9.59 Å². The van der Waals surface area contributed by atoms with Gasteiger partial charge in [0.25, 0.3) is 6.47 Å². The first-order chi connectivity index (χ1) is 22.0. The molecule has 270 valence electrons. The molecule has 0 unspecified atom stereocenters. The number of rotatable bonds is 4. The van der Waals surface area contributed by atoms with Gasteiger partial charge in [-0.05, 0) is 105 Å². The number of epoxide rings is 1. The Hall–Kier alpha value is -0.797. The molecule has 0 aromatic heterocycles. The van der Waals surface area contributed by atoms with Crippen molar-refractivity contribution in [1.29, 1.82) is 0 Å². The number of phenols is 1. The second-order valence-corrected chi connectivity index (χ2v) is 14.7. The molecule has 3 aliphatic rings. The maximum atomic E-state index is 12.3. The summed E-state index contributed by atoms with van der Waals surface area (Å²) in [4.78, 5) is 38.7. The summed E-state index contributed by atoms with van der Waals surface area (Å²) in [6, 6.07) is 10.7. The number of nitrogens with zero attached hydrogens (tertiary/aromatic N) is 2. The summed E-state index contributed by atoms with van der Waals surface area (Å²) in [5, 5.41) is 27.6. The monoisotopic (exact) mass is 754 g/mol. The summed E-state index contributed by atoms with van der Waals surface area (Å²) in [5.74, 6) is 0.801. The van der Waals surface area contributed by atoms with Crippen LogP contribution in [0.15, 0.2) is 36.4 Å². The van der Waals surface area contributed by atoms with Gasteiger partial charge in [0.05, 0.1) is 29.2 Å². The van der Waals surface area contributed by atoms with Crippen molar-refractivity contribution in [2.75, 3.05) is 36.1 Å². The number of hydrogen-bond donors (Lipinski definition) is 2. The molecule has 0 radical (unpaired) electrons. The fraction of sp³-hybridized carbons (Fsp3) is 0.571.